The van der Waals surface area contributed by atoms with E-state index in [0.717, 1.165) is 43.7 Å². The van der Waals surface area contributed by atoms with Crippen molar-refractivity contribution in [3.8, 4) is 0 Å². The van der Waals surface area contributed by atoms with Crippen LogP contribution >= 0.6 is 11.3 Å². The third-order valence-corrected chi connectivity index (χ3v) is 4.32. The fourth-order valence-corrected chi connectivity index (χ4v) is 3.14. The first-order chi connectivity index (χ1) is 9.86. The summed E-state index contributed by atoms with van der Waals surface area (Å²) in [4.78, 5) is 13.6. The van der Waals surface area contributed by atoms with Gasteiger partial charge in [0.05, 0.1) is 0 Å². The molecule has 3 heterocycles. The smallest absolute Gasteiger partial charge is 0.185 e. The van der Waals surface area contributed by atoms with E-state index >= 15 is 0 Å². The molecule has 1 saturated heterocycles. The van der Waals surface area contributed by atoms with Crippen molar-refractivity contribution >= 4 is 22.3 Å². The van der Waals surface area contributed by atoms with Gasteiger partial charge in [-0.1, -0.05) is 0 Å². The van der Waals surface area contributed by atoms with E-state index in [2.05, 4.69) is 37.2 Å². The lowest BCUT2D eigenvalue weighted by molar-refractivity contribution is 0.645. The fraction of sp³-hybridized carbons (Fsp3) is 0.429. The molecule has 1 aliphatic heterocycles. The second-order valence-electron chi connectivity index (χ2n) is 4.84. The lowest BCUT2D eigenvalue weighted by Crippen LogP contribution is -2.46. The van der Waals surface area contributed by atoms with Crippen molar-refractivity contribution in [2.75, 3.05) is 43.0 Å². The topological polar surface area (TPSA) is 44.3 Å². The normalized spacial score (nSPS) is 15.7. The number of piperazine rings is 1. The number of rotatable bonds is 4. The molecular formula is C14H19N5S. The van der Waals surface area contributed by atoms with Gasteiger partial charge in [-0.05, 0) is 24.7 Å². The van der Waals surface area contributed by atoms with Crippen LogP contribution in [0, 0.1) is 0 Å². The van der Waals surface area contributed by atoms with Crippen molar-refractivity contribution in [1.82, 2.24) is 15.3 Å². The Morgan fingerprint density at radius 1 is 1.15 bits per heavy atom. The average Bonchev–Trinajstić information content (AvgIpc) is 3.02. The minimum absolute atomic E-state index is 0.884. The first kappa shape index (κ1) is 13.3. The highest BCUT2D eigenvalue weighted by molar-refractivity contribution is 7.13. The van der Waals surface area contributed by atoms with Gasteiger partial charge < -0.3 is 15.1 Å². The van der Waals surface area contributed by atoms with Crippen molar-refractivity contribution in [2.45, 2.75) is 6.54 Å². The van der Waals surface area contributed by atoms with Crippen LogP contribution in [0.4, 0.5) is 10.9 Å². The van der Waals surface area contributed by atoms with E-state index in [1.165, 1.54) is 5.56 Å². The fourth-order valence-electron chi connectivity index (χ4n) is 2.45. The van der Waals surface area contributed by atoms with Gasteiger partial charge in [-0.25, -0.2) is 9.97 Å². The summed E-state index contributed by atoms with van der Waals surface area (Å²) in [7, 11) is 1.97. The molecule has 2 aromatic rings. The molecule has 0 atom stereocenters. The quantitative estimate of drug-likeness (QED) is 0.926. The summed E-state index contributed by atoms with van der Waals surface area (Å²) in [6.45, 7) is 4.89. The van der Waals surface area contributed by atoms with Gasteiger partial charge in [0.1, 0.15) is 5.82 Å². The van der Waals surface area contributed by atoms with Crippen LogP contribution < -0.4 is 15.1 Å². The largest absolute Gasteiger partial charge is 0.353 e. The summed E-state index contributed by atoms with van der Waals surface area (Å²) in [5.74, 6) is 1.08. The third-order valence-electron chi connectivity index (χ3n) is 3.48. The second-order valence-corrected chi connectivity index (χ2v) is 5.71. The summed E-state index contributed by atoms with van der Waals surface area (Å²) in [6, 6.07) is 4.24. The Morgan fingerprint density at radius 2 is 1.95 bits per heavy atom. The lowest BCUT2D eigenvalue weighted by Gasteiger charge is -2.35. The summed E-state index contributed by atoms with van der Waals surface area (Å²) in [6.07, 6.45) is 3.77. The monoisotopic (exact) mass is 289 g/mol. The van der Waals surface area contributed by atoms with E-state index in [4.69, 9.17) is 0 Å². The van der Waals surface area contributed by atoms with Crippen molar-refractivity contribution in [3.63, 3.8) is 0 Å². The van der Waals surface area contributed by atoms with Crippen molar-refractivity contribution < 1.29 is 0 Å². The first-order valence-electron chi connectivity index (χ1n) is 6.86. The van der Waals surface area contributed by atoms with Gasteiger partial charge in [0.2, 0.25) is 0 Å². The molecule has 0 bridgehead atoms. The van der Waals surface area contributed by atoms with Gasteiger partial charge in [-0.3, -0.25) is 0 Å². The molecule has 0 saturated carbocycles. The second kappa shape index (κ2) is 6.19. The zero-order chi connectivity index (χ0) is 13.8. The molecule has 1 N–H and O–H groups in total. The van der Waals surface area contributed by atoms with Gasteiger partial charge in [0, 0.05) is 50.5 Å². The van der Waals surface area contributed by atoms with Crippen molar-refractivity contribution in [1.29, 1.82) is 0 Å². The zero-order valence-corrected chi connectivity index (χ0v) is 12.4. The Bertz CT molecular complexity index is 534. The van der Waals surface area contributed by atoms with E-state index in [-0.39, 0.29) is 0 Å². The maximum Gasteiger partial charge on any atom is 0.185 e. The average molecular weight is 289 g/mol. The Balaban J connectivity index is 1.64. The standard InChI is InChI=1S/C14H19N5S/c1-15-11-12-2-3-16-13(10-12)18-5-7-19(8-6-18)14-17-4-9-20-14/h2-4,9-10,15H,5-8,11H2,1H3. The van der Waals surface area contributed by atoms with E-state index in [1.807, 2.05) is 24.8 Å². The van der Waals surface area contributed by atoms with Crippen LogP contribution in [0.5, 0.6) is 0 Å². The molecule has 0 spiro atoms. The van der Waals surface area contributed by atoms with Crippen molar-refractivity contribution in [3.05, 3.63) is 35.5 Å². The maximum atomic E-state index is 4.50. The SMILES string of the molecule is CNCc1ccnc(N2CCN(c3nccs3)CC2)c1. The summed E-state index contributed by atoms with van der Waals surface area (Å²) < 4.78 is 0. The summed E-state index contributed by atoms with van der Waals surface area (Å²) >= 11 is 1.71. The molecule has 1 fully saturated rings. The van der Waals surface area contributed by atoms with Crippen LogP contribution in [0.3, 0.4) is 0 Å². The van der Waals surface area contributed by atoms with Crippen LogP contribution in [-0.2, 0) is 6.54 Å². The summed E-state index contributed by atoms with van der Waals surface area (Å²) in [5.41, 5.74) is 1.28. The summed E-state index contributed by atoms with van der Waals surface area (Å²) in [5, 5.41) is 6.34. The van der Waals surface area contributed by atoms with Crippen LogP contribution in [0.15, 0.2) is 29.9 Å². The highest BCUT2D eigenvalue weighted by atomic mass is 32.1. The third kappa shape index (κ3) is 2.91. The number of nitrogens with one attached hydrogen (secondary N) is 1. The lowest BCUT2D eigenvalue weighted by atomic mass is 10.2. The number of thiazole rings is 1. The molecule has 6 heteroatoms. The Labute approximate surface area is 123 Å². The predicted molar refractivity (Wildman–Crippen MR) is 83.5 cm³/mol. The number of nitrogens with zero attached hydrogens (tertiary/aromatic N) is 4. The Hall–Kier alpha value is -1.66. The van der Waals surface area contributed by atoms with E-state index in [9.17, 15) is 0 Å². The van der Waals surface area contributed by atoms with Crippen LogP contribution in [-0.4, -0.2) is 43.2 Å². The Kier molecular flexibility index (Phi) is 4.13. The van der Waals surface area contributed by atoms with Gasteiger partial charge in [0.15, 0.2) is 5.13 Å². The number of anilines is 2. The van der Waals surface area contributed by atoms with Crippen molar-refractivity contribution in [2.24, 2.45) is 0 Å². The van der Waals surface area contributed by atoms with E-state index < -0.39 is 0 Å². The highest BCUT2D eigenvalue weighted by Crippen LogP contribution is 2.21. The molecule has 1 aliphatic rings. The molecule has 5 nitrogen and oxygen atoms in total. The van der Waals surface area contributed by atoms with Gasteiger partial charge in [0.25, 0.3) is 0 Å². The number of hydrogen-bond acceptors (Lipinski definition) is 6. The highest BCUT2D eigenvalue weighted by Gasteiger charge is 2.19. The van der Waals surface area contributed by atoms with Gasteiger partial charge >= 0.3 is 0 Å². The molecule has 0 radical (unpaired) electrons. The van der Waals surface area contributed by atoms with Gasteiger partial charge in [-0.2, -0.15) is 0 Å². The van der Waals surface area contributed by atoms with E-state index in [1.54, 1.807) is 11.3 Å². The number of pyridine rings is 1. The van der Waals surface area contributed by atoms with Crippen LogP contribution in [0.1, 0.15) is 5.56 Å². The zero-order valence-electron chi connectivity index (χ0n) is 11.6. The Morgan fingerprint density at radius 3 is 2.65 bits per heavy atom. The molecule has 106 valence electrons. The van der Waals surface area contributed by atoms with E-state index in [0.29, 0.717) is 0 Å². The molecule has 0 aromatic carbocycles. The van der Waals surface area contributed by atoms with Gasteiger partial charge in [-0.15, -0.1) is 11.3 Å². The first-order valence-corrected chi connectivity index (χ1v) is 7.74. The molecular weight excluding hydrogens is 270 g/mol. The van der Waals surface area contributed by atoms with Crippen LogP contribution in [0.2, 0.25) is 0 Å². The molecule has 2 aromatic heterocycles. The number of hydrogen-bond donors (Lipinski definition) is 1. The number of aromatic nitrogens is 2. The predicted octanol–water partition coefficient (Wildman–Crippen LogP) is 1.58. The minimum Gasteiger partial charge on any atom is -0.353 e. The molecule has 3 rings (SSSR count). The molecule has 0 aliphatic carbocycles. The molecule has 0 unspecified atom stereocenters. The van der Waals surface area contributed by atoms with Crippen LogP contribution in [0.25, 0.3) is 0 Å². The minimum atomic E-state index is 0.884. The maximum absolute atomic E-state index is 4.50. The molecule has 20 heavy (non-hydrogen) atoms. The molecule has 0 amide bonds.